The van der Waals surface area contributed by atoms with Crippen molar-refractivity contribution in [1.82, 2.24) is 19.7 Å². The molecule has 0 spiro atoms. The molecule has 7 heteroatoms. The molecule has 1 saturated heterocycles. The SMILES string of the molecule is Cc1ccc(-n2c(SC(C)C(=O)N3CCC(C)CC3)nnc2-c2ccccc2F)cc1. The van der Waals surface area contributed by atoms with E-state index in [-0.39, 0.29) is 17.0 Å². The van der Waals surface area contributed by atoms with E-state index in [9.17, 15) is 9.18 Å². The predicted octanol–water partition coefficient (Wildman–Crippen LogP) is 5.12. The highest BCUT2D eigenvalue weighted by Gasteiger charge is 2.28. The van der Waals surface area contributed by atoms with Gasteiger partial charge in [-0.2, -0.15) is 0 Å². The lowest BCUT2D eigenvalue weighted by atomic mass is 9.99. The fourth-order valence-corrected chi connectivity index (χ4v) is 4.74. The van der Waals surface area contributed by atoms with Gasteiger partial charge in [-0.05, 0) is 56.9 Å². The number of aryl methyl sites for hydroxylation is 1. The van der Waals surface area contributed by atoms with Crippen molar-refractivity contribution in [3.63, 3.8) is 0 Å². The molecule has 0 bridgehead atoms. The lowest BCUT2D eigenvalue weighted by molar-refractivity contribution is -0.131. The van der Waals surface area contributed by atoms with Crippen molar-refractivity contribution in [1.29, 1.82) is 0 Å². The predicted molar refractivity (Wildman–Crippen MR) is 122 cm³/mol. The summed E-state index contributed by atoms with van der Waals surface area (Å²) in [5, 5.41) is 8.93. The van der Waals surface area contributed by atoms with Gasteiger partial charge in [-0.3, -0.25) is 9.36 Å². The van der Waals surface area contributed by atoms with E-state index >= 15 is 0 Å². The molecule has 0 radical (unpaired) electrons. The van der Waals surface area contributed by atoms with Crippen molar-refractivity contribution in [3.05, 3.63) is 59.9 Å². The molecule has 2 aromatic carbocycles. The summed E-state index contributed by atoms with van der Waals surface area (Å²) < 4.78 is 16.4. The van der Waals surface area contributed by atoms with Gasteiger partial charge >= 0.3 is 0 Å². The summed E-state index contributed by atoms with van der Waals surface area (Å²) in [6, 6.07) is 14.5. The summed E-state index contributed by atoms with van der Waals surface area (Å²) in [6.07, 6.45) is 2.08. The van der Waals surface area contributed by atoms with Crippen LogP contribution in [0.15, 0.2) is 53.7 Å². The molecular weight excluding hydrogens is 411 g/mol. The van der Waals surface area contributed by atoms with Crippen LogP contribution >= 0.6 is 11.8 Å². The number of hydrogen-bond acceptors (Lipinski definition) is 4. The largest absolute Gasteiger partial charge is 0.342 e. The maximum atomic E-state index is 14.6. The van der Waals surface area contributed by atoms with Crippen molar-refractivity contribution >= 4 is 17.7 Å². The molecule has 1 aliphatic rings. The van der Waals surface area contributed by atoms with Crippen LogP contribution in [-0.2, 0) is 4.79 Å². The molecule has 0 N–H and O–H groups in total. The first-order valence-corrected chi connectivity index (χ1v) is 11.5. The van der Waals surface area contributed by atoms with Crippen LogP contribution in [0, 0.1) is 18.7 Å². The Balaban J connectivity index is 1.67. The summed E-state index contributed by atoms with van der Waals surface area (Å²) in [5.74, 6) is 0.852. The molecule has 2 heterocycles. The van der Waals surface area contributed by atoms with Crippen LogP contribution in [0.1, 0.15) is 32.3 Å². The van der Waals surface area contributed by atoms with Gasteiger partial charge in [0, 0.05) is 18.8 Å². The zero-order valence-electron chi connectivity index (χ0n) is 18.1. The molecule has 162 valence electrons. The molecule has 1 unspecified atom stereocenters. The minimum Gasteiger partial charge on any atom is -0.342 e. The number of benzene rings is 2. The van der Waals surface area contributed by atoms with E-state index in [1.807, 2.05) is 47.6 Å². The van der Waals surface area contributed by atoms with Gasteiger partial charge in [-0.1, -0.05) is 48.5 Å². The van der Waals surface area contributed by atoms with E-state index < -0.39 is 0 Å². The van der Waals surface area contributed by atoms with Gasteiger partial charge in [-0.25, -0.2) is 4.39 Å². The van der Waals surface area contributed by atoms with Crippen molar-refractivity contribution in [2.24, 2.45) is 5.92 Å². The van der Waals surface area contributed by atoms with Crippen LogP contribution in [0.2, 0.25) is 0 Å². The third-order valence-electron chi connectivity index (χ3n) is 5.77. The highest BCUT2D eigenvalue weighted by molar-refractivity contribution is 8.00. The van der Waals surface area contributed by atoms with E-state index in [0.29, 0.717) is 22.5 Å². The standard InChI is InChI=1S/C24H27FN4OS/c1-16-8-10-19(11-9-16)29-22(20-6-4-5-7-21(20)25)26-27-24(29)31-18(3)23(30)28-14-12-17(2)13-15-28/h4-11,17-18H,12-15H2,1-3H3. The number of nitrogens with zero attached hydrogens (tertiary/aromatic N) is 4. The average Bonchev–Trinajstić information content (AvgIpc) is 3.17. The molecule has 1 fully saturated rings. The van der Waals surface area contributed by atoms with Gasteiger partial charge in [0.25, 0.3) is 0 Å². The molecule has 0 aliphatic carbocycles. The number of piperidine rings is 1. The Labute approximate surface area is 186 Å². The summed E-state index contributed by atoms with van der Waals surface area (Å²) in [7, 11) is 0. The number of likely N-dealkylation sites (tertiary alicyclic amines) is 1. The van der Waals surface area contributed by atoms with E-state index in [1.54, 1.807) is 18.2 Å². The van der Waals surface area contributed by atoms with Crippen molar-refractivity contribution in [2.45, 2.75) is 44.0 Å². The fourth-order valence-electron chi connectivity index (χ4n) is 3.78. The Morgan fingerprint density at radius 3 is 2.45 bits per heavy atom. The number of halogens is 1. The second-order valence-electron chi connectivity index (χ2n) is 8.22. The zero-order chi connectivity index (χ0) is 22.0. The fraction of sp³-hybridized carbons (Fsp3) is 0.375. The van der Waals surface area contributed by atoms with Crippen LogP contribution in [-0.4, -0.2) is 43.9 Å². The topological polar surface area (TPSA) is 51.0 Å². The van der Waals surface area contributed by atoms with Crippen LogP contribution < -0.4 is 0 Å². The number of amides is 1. The van der Waals surface area contributed by atoms with Gasteiger partial charge < -0.3 is 4.90 Å². The molecule has 1 atom stereocenters. The number of aromatic nitrogens is 3. The van der Waals surface area contributed by atoms with E-state index in [4.69, 9.17) is 0 Å². The first-order chi connectivity index (χ1) is 14.9. The Bertz CT molecular complexity index is 1060. The average molecular weight is 439 g/mol. The quantitative estimate of drug-likeness (QED) is 0.519. The molecular formula is C24H27FN4OS. The Kier molecular flexibility index (Phi) is 6.41. The monoisotopic (exact) mass is 438 g/mol. The zero-order valence-corrected chi connectivity index (χ0v) is 18.9. The third kappa shape index (κ3) is 4.66. The summed E-state index contributed by atoms with van der Waals surface area (Å²) in [4.78, 5) is 15.0. The maximum absolute atomic E-state index is 14.6. The Hall–Kier alpha value is -2.67. The Morgan fingerprint density at radius 1 is 1.10 bits per heavy atom. The smallest absolute Gasteiger partial charge is 0.235 e. The number of thioether (sulfide) groups is 1. The Morgan fingerprint density at radius 2 is 1.77 bits per heavy atom. The molecule has 4 rings (SSSR count). The highest BCUT2D eigenvalue weighted by Crippen LogP contribution is 2.32. The normalized spacial score (nSPS) is 15.8. The lowest BCUT2D eigenvalue weighted by Gasteiger charge is -2.32. The van der Waals surface area contributed by atoms with E-state index in [2.05, 4.69) is 17.1 Å². The van der Waals surface area contributed by atoms with Gasteiger partial charge in [0.05, 0.1) is 10.8 Å². The molecule has 1 amide bonds. The molecule has 0 saturated carbocycles. The minimum absolute atomic E-state index is 0.114. The van der Waals surface area contributed by atoms with Crippen LogP contribution in [0.25, 0.3) is 17.1 Å². The van der Waals surface area contributed by atoms with Crippen molar-refractivity contribution in [3.8, 4) is 17.1 Å². The van der Waals surface area contributed by atoms with Gasteiger partial charge in [0.1, 0.15) is 5.82 Å². The highest BCUT2D eigenvalue weighted by atomic mass is 32.2. The number of rotatable bonds is 5. The van der Waals surface area contributed by atoms with Crippen molar-refractivity contribution in [2.75, 3.05) is 13.1 Å². The molecule has 31 heavy (non-hydrogen) atoms. The molecule has 3 aromatic rings. The molecule has 1 aliphatic heterocycles. The van der Waals surface area contributed by atoms with Gasteiger partial charge in [0.15, 0.2) is 11.0 Å². The van der Waals surface area contributed by atoms with Gasteiger partial charge in [0.2, 0.25) is 5.91 Å². The first kappa shape index (κ1) is 21.6. The molecule has 1 aromatic heterocycles. The van der Waals surface area contributed by atoms with E-state index in [1.165, 1.54) is 17.8 Å². The van der Waals surface area contributed by atoms with Crippen LogP contribution in [0.4, 0.5) is 4.39 Å². The number of carbonyl (C=O) groups is 1. The van der Waals surface area contributed by atoms with Crippen LogP contribution in [0.3, 0.4) is 0 Å². The lowest BCUT2D eigenvalue weighted by Crippen LogP contribution is -2.41. The third-order valence-corrected chi connectivity index (χ3v) is 6.80. The summed E-state index contributed by atoms with van der Waals surface area (Å²) in [6.45, 7) is 7.76. The summed E-state index contributed by atoms with van der Waals surface area (Å²) in [5.41, 5.74) is 2.34. The first-order valence-electron chi connectivity index (χ1n) is 10.7. The number of carbonyl (C=O) groups excluding carboxylic acids is 1. The number of hydrogen-bond donors (Lipinski definition) is 0. The maximum Gasteiger partial charge on any atom is 0.235 e. The van der Waals surface area contributed by atoms with Gasteiger partial charge in [-0.15, -0.1) is 10.2 Å². The molecule has 5 nitrogen and oxygen atoms in total. The van der Waals surface area contributed by atoms with E-state index in [0.717, 1.165) is 37.2 Å². The second-order valence-corrected chi connectivity index (χ2v) is 9.53. The minimum atomic E-state index is -0.355. The summed E-state index contributed by atoms with van der Waals surface area (Å²) >= 11 is 1.37. The second kappa shape index (κ2) is 9.22. The van der Waals surface area contributed by atoms with Crippen molar-refractivity contribution < 1.29 is 9.18 Å². The van der Waals surface area contributed by atoms with Crippen LogP contribution in [0.5, 0.6) is 0 Å².